The molecule has 5 rings (SSSR count). The summed E-state index contributed by atoms with van der Waals surface area (Å²) >= 11 is 1.21. The predicted octanol–water partition coefficient (Wildman–Crippen LogP) is 5.67. The third kappa shape index (κ3) is 5.02. The minimum atomic E-state index is 0.370. The number of ether oxygens (including phenoxy) is 2. The molecule has 170 valence electrons. The normalized spacial score (nSPS) is 10.8. The monoisotopic (exact) mass is 472 g/mol. The number of nitrogens with zero attached hydrogens (tertiary/aromatic N) is 4. The molecule has 3 aromatic carbocycles. The minimum absolute atomic E-state index is 0.370. The maximum Gasteiger partial charge on any atom is 0.264 e. The summed E-state index contributed by atoms with van der Waals surface area (Å²) in [4.78, 5) is 18.1. The molecule has 2 N–H and O–H groups in total. The molecule has 0 fully saturated rings. The molecule has 0 aliphatic carbocycles. The molecule has 0 saturated heterocycles. The number of methoxy groups -OCH3 is 2. The number of fused-ring (bicyclic) bond motifs is 1. The predicted molar refractivity (Wildman–Crippen MR) is 131 cm³/mol. The van der Waals surface area contributed by atoms with Gasteiger partial charge >= 0.3 is 0 Å². The first-order valence-electron chi connectivity index (χ1n) is 10.3. The second-order valence-corrected chi connectivity index (χ2v) is 7.94. The van der Waals surface area contributed by atoms with Crippen LogP contribution >= 0.6 is 11.8 Å². The van der Waals surface area contributed by atoms with Crippen LogP contribution in [0.1, 0.15) is 0 Å². The molecule has 0 spiro atoms. The van der Waals surface area contributed by atoms with Gasteiger partial charge in [0.05, 0.1) is 14.2 Å². The summed E-state index contributed by atoms with van der Waals surface area (Å²) in [6.45, 7) is 0. The van der Waals surface area contributed by atoms with Gasteiger partial charge in [0.25, 0.3) is 5.22 Å². The molecule has 0 aliphatic heterocycles. The Labute approximate surface area is 199 Å². The van der Waals surface area contributed by atoms with Crippen molar-refractivity contribution in [3.05, 3.63) is 72.8 Å². The van der Waals surface area contributed by atoms with Gasteiger partial charge in [-0.2, -0.15) is 15.0 Å². The smallest absolute Gasteiger partial charge is 0.264 e. The summed E-state index contributed by atoms with van der Waals surface area (Å²) in [6.07, 6.45) is 0. The number of hydrogen-bond donors (Lipinski definition) is 2. The number of oxazole rings is 1. The molecular formula is C24H20N6O3S. The highest BCUT2D eigenvalue weighted by Gasteiger charge is 2.13. The molecule has 0 amide bonds. The van der Waals surface area contributed by atoms with Gasteiger partial charge in [0.2, 0.25) is 17.1 Å². The number of nitrogens with one attached hydrogen (secondary N) is 2. The van der Waals surface area contributed by atoms with Crippen LogP contribution in [0, 0.1) is 0 Å². The van der Waals surface area contributed by atoms with E-state index in [0.717, 1.165) is 28.4 Å². The van der Waals surface area contributed by atoms with Crippen LogP contribution in [0.5, 0.6) is 11.5 Å². The fraction of sp³-hybridized carbons (Fsp3) is 0.0833. The molecular weight excluding hydrogens is 452 g/mol. The average molecular weight is 473 g/mol. The van der Waals surface area contributed by atoms with Gasteiger partial charge in [-0.3, -0.25) is 0 Å². The topological polar surface area (TPSA) is 107 Å². The Morgan fingerprint density at radius 3 is 1.76 bits per heavy atom. The first kappa shape index (κ1) is 21.5. The molecule has 0 radical (unpaired) electrons. The molecule has 0 aliphatic rings. The Bertz CT molecular complexity index is 1310. The van der Waals surface area contributed by atoms with Crippen LogP contribution in [0.15, 0.2) is 87.6 Å². The number of aromatic nitrogens is 4. The lowest BCUT2D eigenvalue weighted by Gasteiger charge is -2.10. The van der Waals surface area contributed by atoms with Gasteiger partial charge in [-0.05, 0) is 60.7 Å². The maximum absolute atomic E-state index is 5.82. The van der Waals surface area contributed by atoms with Crippen LogP contribution in [0.25, 0.3) is 11.1 Å². The summed E-state index contributed by atoms with van der Waals surface area (Å²) < 4.78 is 16.3. The van der Waals surface area contributed by atoms with Crippen LogP contribution in [0.2, 0.25) is 0 Å². The molecule has 10 heteroatoms. The van der Waals surface area contributed by atoms with Crippen LogP contribution in [-0.2, 0) is 0 Å². The lowest BCUT2D eigenvalue weighted by molar-refractivity contribution is 0.415. The zero-order valence-corrected chi connectivity index (χ0v) is 19.2. The fourth-order valence-electron chi connectivity index (χ4n) is 3.09. The van der Waals surface area contributed by atoms with Crippen LogP contribution in [0.3, 0.4) is 0 Å². The van der Waals surface area contributed by atoms with E-state index in [2.05, 4.69) is 30.6 Å². The van der Waals surface area contributed by atoms with E-state index < -0.39 is 0 Å². The standard InChI is InChI=1S/C24H20N6O3S/c1-31-17-11-7-15(8-12-17)25-21-28-22(26-16-9-13-18(32-2)14-10-16)30-23(29-21)34-24-27-19-5-3-4-6-20(19)33-24/h3-14H,1-2H3,(H2,25,26,28,29,30). The Kier molecular flexibility index (Phi) is 6.13. The van der Waals surface area contributed by atoms with Crippen LogP contribution < -0.4 is 20.1 Å². The summed E-state index contributed by atoms with van der Waals surface area (Å²) in [5.74, 6) is 2.26. The van der Waals surface area contributed by atoms with E-state index in [9.17, 15) is 0 Å². The van der Waals surface area contributed by atoms with E-state index in [-0.39, 0.29) is 0 Å². The van der Waals surface area contributed by atoms with Crippen molar-refractivity contribution in [1.29, 1.82) is 0 Å². The molecule has 2 heterocycles. The molecule has 9 nitrogen and oxygen atoms in total. The molecule has 2 aromatic heterocycles. The highest BCUT2D eigenvalue weighted by molar-refractivity contribution is 7.99. The summed E-state index contributed by atoms with van der Waals surface area (Å²) in [6, 6.07) is 22.5. The Balaban J connectivity index is 1.45. The lowest BCUT2D eigenvalue weighted by atomic mass is 10.3. The van der Waals surface area contributed by atoms with E-state index in [0.29, 0.717) is 27.9 Å². The maximum atomic E-state index is 5.82. The average Bonchev–Trinajstić information content (AvgIpc) is 3.27. The second-order valence-electron chi connectivity index (χ2n) is 7.02. The van der Waals surface area contributed by atoms with Crippen molar-refractivity contribution in [2.24, 2.45) is 0 Å². The molecule has 0 bridgehead atoms. The Morgan fingerprint density at radius 1 is 0.676 bits per heavy atom. The van der Waals surface area contributed by atoms with Crippen molar-refractivity contribution in [2.45, 2.75) is 10.4 Å². The van der Waals surface area contributed by atoms with Crippen LogP contribution in [0.4, 0.5) is 23.3 Å². The van der Waals surface area contributed by atoms with Crippen molar-refractivity contribution < 1.29 is 13.9 Å². The SMILES string of the molecule is COc1ccc(Nc2nc(Nc3ccc(OC)cc3)nc(Sc3nc4ccccc4o3)n2)cc1. The Morgan fingerprint density at radius 2 is 1.24 bits per heavy atom. The largest absolute Gasteiger partial charge is 0.497 e. The summed E-state index contributed by atoms with van der Waals surface area (Å²) in [7, 11) is 3.25. The number of benzene rings is 3. The van der Waals surface area contributed by atoms with Gasteiger partial charge in [-0.15, -0.1) is 0 Å². The summed E-state index contributed by atoms with van der Waals surface area (Å²) in [5, 5.41) is 7.29. The molecule has 5 aromatic rings. The van der Waals surface area contributed by atoms with E-state index in [1.807, 2.05) is 72.8 Å². The minimum Gasteiger partial charge on any atom is -0.497 e. The number of para-hydroxylation sites is 2. The van der Waals surface area contributed by atoms with Crippen molar-refractivity contribution in [2.75, 3.05) is 24.9 Å². The molecule has 0 unspecified atom stereocenters. The fourth-order valence-corrected chi connectivity index (χ4v) is 3.79. The van der Waals surface area contributed by atoms with Gasteiger partial charge in [-0.25, -0.2) is 4.98 Å². The molecule has 34 heavy (non-hydrogen) atoms. The third-order valence-corrected chi connectivity index (χ3v) is 5.47. The Hall–Kier alpha value is -4.31. The third-order valence-electron chi connectivity index (χ3n) is 4.76. The van der Waals surface area contributed by atoms with Gasteiger partial charge < -0.3 is 24.5 Å². The highest BCUT2D eigenvalue weighted by atomic mass is 32.2. The van der Waals surface area contributed by atoms with Crippen molar-refractivity contribution in [3.8, 4) is 11.5 Å². The van der Waals surface area contributed by atoms with E-state index in [1.54, 1.807) is 14.2 Å². The highest BCUT2D eigenvalue weighted by Crippen LogP contribution is 2.30. The van der Waals surface area contributed by atoms with Crippen LogP contribution in [-0.4, -0.2) is 34.2 Å². The van der Waals surface area contributed by atoms with Gasteiger partial charge in [-0.1, -0.05) is 12.1 Å². The van der Waals surface area contributed by atoms with Gasteiger partial charge in [0.1, 0.15) is 17.0 Å². The lowest BCUT2D eigenvalue weighted by Crippen LogP contribution is -2.05. The van der Waals surface area contributed by atoms with Crippen molar-refractivity contribution >= 4 is 46.1 Å². The zero-order valence-electron chi connectivity index (χ0n) is 18.4. The quantitative estimate of drug-likeness (QED) is 0.293. The van der Waals surface area contributed by atoms with Gasteiger partial charge in [0, 0.05) is 23.1 Å². The van der Waals surface area contributed by atoms with Crippen molar-refractivity contribution in [3.63, 3.8) is 0 Å². The number of rotatable bonds is 8. The van der Waals surface area contributed by atoms with E-state index in [1.165, 1.54) is 11.8 Å². The number of hydrogen-bond acceptors (Lipinski definition) is 10. The first-order chi connectivity index (χ1) is 16.7. The first-order valence-corrected chi connectivity index (χ1v) is 11.1. The van der Waals surface area contributed by atoms with E-state index >= 15 is 0 Å². The van der Waals surface area contributed by atoms with Gasteiger partial charge in [0.15, 0.2) is 5.58 Å². The zero-order chi connectivity index (χ0) is 23.3. The van der Waals surface area contributed by atoms with E-state index in [4.69, 9.17) is 13.9 Å². The molecule has 0 saturated carbocycles. The second kappa shape index (κ2) is 9.67. The number of anilines is 4. The molecule has 0 atom stereocenters. The summed E-state index contributed by atoms with van der Waals surface area (Å²) in [5.41, 5.74) is 3.08. The van der Waals surface area contributed by atoms with Crippen molar-refractivity contribution in [1.82, 2.24) is 19.9 Å².